The van der Waals surface area contributed by atoms with Crippen molar-refractivity contribution < 1.29 is 14.3 Å². The number of amides is 1. The number of carbonyl (C=O) groups excluding carboxylic acids is 1. The molecule has 2 atom stereocenters. The van der Waals surface area contributed by atoms with Crippen molar-refractivity contribution in [2.24, 2.45) is 0 Å². The Morgan fingerprint density at radius 2 is 2.39 bits per heavy atom. The molecule has 0 unspecified atom stereocenters. The molecule has 1 amide bonds. The first kappa shape index (κ1) is 15.5. The zero-order chi connectivity index (χ0) is 16.2. The Hall–Kier alpha value is -2.41. The minimum absolute atomic E-state index is 0.0153. The van der Waals surface area contributed by atoms with Crippen molar-refractivity contribution in [1.82, 2.24) is 20.1 Å². The molecule has 0 aromatic carbocycles. The molecule has 7 heteroatoms. The second kappa shape index (κ2) is 6.78. The number of aromatic amines is 1. The van der Waals surface area contributed by atoms with E-state index in [4.69, 9.17) is 9.47 Å². The Morgan fingerprint density at radius 3 is 3.04 bits per heavy atom. The first-order valence-electron chi connectivity index (χ1n) is 7.56. The number of likely N-dealkylation sites (tertiary alicyclic amines) is 1. The number of nitrogens with one attached hydrogen (secondary N) is 1. The van der Waals surface area contributed by atoms with E-state index in [9.17, 15) is 4.79 Å². The Kier molecular flexibility index (Phi) is 4.57. The second-order valence-electron chi connectivity index (χ2n) is 5.64. The summed E-state index contributed by atoms with van der Waals surface area (Å²) >= 11 is 0. The Morgan fingerprint density at radius 1 is 1.52 bits per heavy atom. The Balaban J connectivity index is 1.70. The average molecular weight is 316 g/mol. The number of ether oxygens (including phenoxy) is 2. The molecule has 122 valence electrons. The molecule has 1 fully saturated rings. The van der Waals surface area contributed by atoms with Crippen molar-refractivity contribution in [3.8, 4) is 5.75 Å². The summed E-state index contributed by atoms with van der Waals surface area (Å²) in [7, 11) is 1.66. The third-order valence-electron chi connectivity index (χ3n) is 3.97. The molecule has 0 radical (unpaired) electrons. The smallest absolute Gasteiger partial charge is 0.274 e. The summed E-state index contributed by atoms with van der Waals surface area (Å²) in [5, 5.41) is 6.86. The summed E-state index contributed by atoms with van der Waals surface area (Å²) in [6, 6.07) is 5.36. The number of hydrogen-bond acceptors (Lipinski definition) is 5. The maximum absolute atomic E-state index is 12.7. The molecule has 2 aromatic rings. The standard InChI is InChI=1S/C16H20N4O3/c1-11-6-15(19-18-11)16(21)20-9-14(22-2)7-12(20)10-23-13-4-3-5-17-8-13/h3-6,8,12,14H,7,9-10H2,1-2H3,(H,18,19)/t12-,14+/m0/s1. The number of H-pyrrole nitrogens is 1. The van der Waals surface area contributed by atoms with Gasteiger partial charge in [0.25, 0.3) is 5.91 Å². The van der Waals surface area contributed by atoms with E-state index in [0.29, 0.717) is 24.6 Å². The molecular formula is C16H20N4O3. The highest BCUT2D eigenvalue weighted by atomic mass is 16.5. The second-order valence-corrected chi connectivity index (χ2v) is 5.64. The van der Waals surface area contributed by atoms with Crippen LogP contribution in [0.15, 0.2) is 30.6 Å². The quantitative estimate of drug-likeness (QED) is 0.902. The van der Waals surface area contributed by atoms with Crippen molar-refractivity contribution in [1.29, 1.82) is 0 Å². The van der Waals surface area contributed by atoms with E-state index in [1.54, 1.807) is 30.5 Å². The lowest BCUT2D eigenvalue weighted by molar-refractivity contribution is 0.0652. The van der Waals surface area contributed by atoms with Gasteiger partial charge in [-0.2, -0.15) is 5.10 Å². The number of nitrogens with zero attached hydrogens (tertiary/aromatic N) is 3. The summed E-state index contributed by atoms with van der Waals surface area (Å²) in [5.74, 6) is 0.588. The summed E-state index contributed by atoms with van der Waals surface area (Å²) in [4.78, 5) is 18.5. The molecule has 0 spiro atoms. The normalized spacial score (nSPS) is 20.7. The molecule has 1 aliphatic rings. The number of rotatable bonds is 5. The predicted octanol–water partition coefficient (Wildman–Crippen LogP) is 1.42. The molecule has 0 bridgehead atoms. The molecular weight excluding hydrogens is 296 g/mol. The lowest BCUT2D eigenvalue weighted by Gasteiger charge is -2.23. The van der Waals surface area contributed by atoms with Crippen LogP contribution in [0.3, 0.4) is 0 Å². The van der Waals surface area contributed by atoms with Crippen LogP contribution in [0.2, 0.25) is 0 Å². The lowest BCUT2D eigenvalue weighted by Crippen LogP contribution is -2.39. The first-order chi connectivity index (χ1) is 11.2. The molecule has 23 heavy (non-hydrogen) atoms. The van der Waals surface area contributed by atoms with Gasteiger partial charge in [0, 0.05) is 25.5 Å². The fraction of sp³-hybridized carbons (Fsp3) is 0.438. The maximum atomic E-state index is 12.7. The van der Waals surface area contributed by atoms with Crippen LogP contribution in [-0.2, 0) is 4.74 Å². The minimum atomic E-state index is -0.103. The van der Waals surface area contributed by atoms with Gasteiger partial charge in [-0.25, -0.2) is 0 Å². The average Bonchev–Trinajstić information content (AvgIpc) is 3.19. The van der Waals surface area contributed by atoms with Gasteiger partial charge in [0.2, 0.25) is 0 Å². The van der Waals surface area contributed by atoms with Crippen LogP contribution in [-0.4, -0.2) is 58.4 Å². The van der Waals surface area contributed by atoms with Gasteiger partial charge >= 0.3 is 0 Å². The molecule has 0 aliphatic carbocycles. The maximum Gasteiger partial charge on any atom is 0.274 e. The number of aromatic nitrogens is 3. The molecule has 3 heterocycles. The van der Waals surface area contributed by atoms with E-state index in [1.165, 1.54) is 0 Å². The highest BCUT2D eigenvalue weighted by molar-refractivity contribution is 5.92. The van der Waals surface area contributed by atoms with Crippen LogP contribution in [0.4, 0.5) is 0 Å². The zero-order valence-corrected chi connectivity index (χ0v) is 13.2. The van der Waals surface area contributed by atoms with Gasteiger partial charge in [0.05, 0.1) is 18.3 Å². The molecule has 2 aromatic heterocycles. The molecule has 7 nitrogen and oxygen atoms in total. The van der Waals surface area contributed by atoms with Crippen molar-refractivity contribution in [3.63, 3.8) is 0 Å². The van der Waals surface area contributed by atoms with E-state index in [0.717, 1.165) is 12.1 Å². The summed E-state index contributed by atoms with van der Waals surface area (Å²) < 4.78 is 11.2. The molecule has 1 saturated heterocycles. The van der Waals surface area contributed by atoms with E-state index in [-0.39, 0.29) is 18.1 Å². The van der Waals surface area contributed by atoms with E-state index < -0.39 is 0 Å². The number of aryl methyl sites for hydroxylation is 1. The van der Waals surface area contributed by atoms with Crippen LogP contribution in [0, 0.1) is 6.92 Å². The van der Waals surface area contributed by atoms with E-state index in [1.807, 2.05) is 19.1 Å². The number of pyridine rings is 1. The van der Waals surface area contributed by atoms with Gasteiger partial charge in [-0.15, -0.1) is 0 Å². The van der Waals surface area contributed by atoms with Crippen LogP contribution in [0.25, 0.3) is 0 Å². The number of hydrogen-bond donors (Lipinski definition) is 1. The predicted molar refractivity (Wildman–Crippen MR) is 83.3 cm³/mol. The largest absolute Gasteiger partial charge is 0.490 e. The van der Waals surface area contributed by atoms with Crippen molar-refractivity contribution in [3.05, 3.63) is 42.0 Å². The topological polar surface area (TPSA) is 80.3 Å². The van der Waals surface area contributed by atoms with Crippen molar-refractivity contribution >= 4 is 5.91 Å². The highest BCUT2D eigenvalue weighted by Gasteiger charge is 2.37. The van der Waals surface area contributed by atoms with Crippen LogP contribution in [0.5, 0.6) is 5.75 Å². The van der Waals surface area contributed by atoms with E-state index >= 15 is 0 Å². The van der Waals surface area contributed by atoms with Gasteiger partial charge < -0.3 is 14.4 Å². The Bertz CT molecular complexity index is 658. The van der Waals surface area contributed by atoms with Gasteiger partial charge in [-0.3, -0.25) is 14.9 Å². The SMILES string of the molecule is CO[C@@H]1C[C@@H](COc2cccnc2)N(C(=O)c2cc(C)[nH]n2)C1. The molecule has 0 saturated carbocycles. The van der Waals surface area contributed by atoms with Gasteiger partial charge in [-0.1, -0.05) is 0 Å². The third-order valence-corrected chi connectivity index (χ3v) is 3.97. The lowest BCUT2D eigenvalue weighted by atomic mass is 10.2. The summed E-state index contributed by atoms with van der Waals surface area (Å²) in [6.45, 7) is 2.82. The van der Waals surface area contributed by atoms with Crippen molar-refractivity contribution in [2.45, 2.75) is 25.5 Å². The number of carbonyl (C=O) groups is 1. The molecule has 3 rings (SSSR count). The fourth-order valence-corrected chi connectivity index (χ4v) is 2.75. The van der Waals surface area contributed by atoms with Crippen LogP contribution in [0.1, 0.15) is 22.6 Å². The number of methoxy groups -OCH3 is 1. The molecule has 1 aliphatic heterocycles. The van der Waals surface area contributed by atoms with Gasteiger partial charge in [0.1, 0.15) is 18.1 Å². The summed E-state index contributed by atoms with van der Waals surface area (Å²) in [5.41, 5.74) is 1.28. The fourth-order valence-electron chi connectivity index (χ4n) is 2.75. The van der Waals surface area contributed by atoms with Crippen LogP contribution < -0.4 is 4.74 Å². The van der Waals surface area contributed by atoms with E-state index in [2.05, 4.69) is 15.2 Å². The monoisotopic (exact) mass is 316 g/mol. The van der Waals surface area contributed by atoms with Crippen LogP contribution >= 0.6 is 0 Å². The third kappa shape index (κ3) is 3.50. The Labute approximate surface area is 134 Å². The van der Waals surface area contributed by atoms with Crippen molar-refractivity contribution in [2.75, 3.05) is 20.3 Å². The zero-order valence-electron chi connectivity index (χ0n) is 13.2. The minimum Gasteiger partial charge on any atom is -0.490 e. The van der Waals surface area contributed by atoms with Gasteiger partial charge in [-0.05, 0) is 31.5 Å². The summed E-state index contributed by atoms with van der Waals surface area (Å²) in [6.07, 6.45) is 4.11. The van der Waals surface area contributed by atoms with Gasteiger partial charge in [0.15, 0.2) is 0 Å². The first-order valence-corrected chi connectivity index (χ1v) is 7.56. The molecule has 1 N–H and O–H groups in total. The highest BCUT2D eigenvalue weighted by Crippen LogP contribution is 2.23.